The van der Waals surface area contributed by atoms with Gasteiger partial charge in [0.25, 0.3) is 0 Å². The Kier molecular flexibility index (Phi) is 4.18. The number of thioether (sulfide) groups is 1. The van der Waals surface area contributed by atoms with Crippen LogP contribution in [0.3, 0.4) is 0 Å². The van der Waals surface area contributed by atoms with Gasteiger partial charge in [0, 0.05) is 42.6 Å². The molecule has 3 rings (SSSR count). The number of nitrogens with zero attached hydrogens (tertiary/aromatic N) is 2. The van der Waals surface area contributed by atoms with Gasteiger partial charge in [-0.25, -0.2) is 0 Å². The fraction of sp³-hybridized carbons (Fsp3) is 0.643. The molecule has 18 heavy (non-hydrogen) atoms. The van der Waals surface area contributed by atoms with Crippen molar-refractivity contribution in [3.05, 3.63) is 30.1 Å². The Morgan fingerprint density at radius 3 is 3.22 bits per heavy atom. The molecule has 2 aliphatic heterocycles. The minimum atomic E-state index is 0.689. The Balaban J connectivity index is 1.45. The van der Waals surface area contributed by atoms with Gasteiger partial charge in [0.15, 0.2) is 0 Å². The van der Waals surface area contributed by atoms with Crippen LogP contribution in [-0.4, -0.2) is 47.5 Å². The first-order valence-electron chi connectivity index (χ1n) is 6.74. The molecular formula is C14H20N2OS. The van der Waals surface area contributed by atoms with E-state index in [1.807, 2.05) is 18.5 Å². The van der Waals surface area contributed by atoms with Crippen molar-refractivity contribution in [2.24, 2.45) is 0 Å². The largest absolute Gasteiger partial charge is 0.380 e. The van der Waals surface area contributed by atoms with Gasteiger partial charge in [0.05, 0.1) is 6.61 Å². The average Bonchev–Trinajstić information content (AvgIpc) is 3.08. The van der Waals surface area contributed by atoms with Gasteiger partial charge in [-0.2, -0.15) is 11.8 Å². The molecule has 1 aromatic rings. The molecule has 0 spiro atoms. The monoisotopic (exact) mass is 264 g/mol. The number of hydrogen-bond acceptors (Lipinski definition) is 4. The first-order valence-corrected chi connectivity index (χ1v) is 7.79. The normalized spacial score (nSPS) is 28.9. The molecule has 0 radical (unpaired) electrons. The van der Waals surface area contributed by atoms with Crippen LogP contribution in [-0.2, 0) is 10.5 Å². The zero-order chi connectivity index (χ0) is 12.2. The molecule has 3 heterocycles. The first-order chi connectivity index (χ1) is 8.92. The summed E-state index contributed by atoms with van der Waals surface area (Å²) < 4.78 is 5.48. The number of ether oxygens (including phenoxy) is 1. The smallest absolute Gasteiger partial charge is 0.0622 e. The van der Waals surface area contributed by atoms with E-state index >= 15 is 0 Å². The molecular weight excluding hydrogens is 244 g/mol. The lowest BCUT2D eigenvalue weighted by atomic mass is 10.2. The van der Waals surface area contributed by atoms with Crippen molar-refractivity contribution < 1.29 is 4.74 Å². The summed E-state index contributed by atoms with van der Waals surface area (Å²) in [4.78, 5) is 6.79. The highest BCUT2D eigenvalue weighted by molar-refractivity contribution is 7.99. The summed E-state index contributed by atoms with van der Waals surface area (Å²) in [5.74, 6) is 1.09. The second-order valence-electron chi connectivity index (χ2n) is 5.10. The van der Waals surface area contributed by atoms with Crippen molar-refractivity contribution in [3.8, 4) is 0 Å². The predicted molar refractivity (Wildman–Crippen MR) is 74.7 cm³/mol. The van der Waals surface area contributed by atoms with E-state index in [-0.39, 0.29) is 0 Å². The number of pyridine rings is 1. The number of likely N-dealkylation sites (tertiary alicyclic amines) is 1. The van der Waals surface area contributed by atoms with E-state index in [1.54, 1.807) is 0 Å². The van der Waals surface area contributed by atoms with Crippen LogP contribution >= 0.6 is 11.8 Å². The molecule has 4 heteroatoms. The van der Waals surface area contributed by atoms with Crippen LogP contribution in [0, 0.1) is 0 Å². The Hall–Kier alpha value is -0.580. The third-order valence-corrected chi connectivity index (χ3v) is 5.16. The fourth-order valence-corrected chi connectivity index (χ4v) is 3.90. The van der Waals surface area contributed by atoms with Crippen LogP contribution in [0.4, 0.5) is 0 Å². The van der Waals surface area contributed by atoms with Gasteiger partial charge >= 0.3 is 0 Å². The number of aromatic nitrogens is 1. The summed E-state index contributed by atoms with van der Waals surface area (Å²) >= 11 is 2.08. The van der Waals surface area contributed by atoms with Gasteiger partial charge in [-0.05, 0) is 31.0 Å². The van der Waals surface area contributed by atoms with Gasteiger partial charge in [-0.3, -0.25) is 9.88 Å². The molecule has 0 aliphatic carbocycles. The van der Waals surface area contributed by atoms with Crippen LogP contribution in [0.2, 0.25) is 0 Å². The number of hydrogen-bond donors (Lipinski definition) is 0. The molecule has 3 nitrogen and oxygen atoms in total. The summed E-state index contributed by atoms with van der Waals surface area (Å²) in [7, 11) is 0. The Bertz CT molecular complexity index is 367. The Labute approximate surface area is 113 Å². The zero-order valence-corrected chi connectivity index (χ0v) is 11.4. The molecule has 2 saturated heterocycles. The summed E-state index contributed by atoms with van der Waals surface area (Å²) in [5, 5.41) is 0.783. The average molecular weight is 264 g/mol. The van der Waals surface area contributed by atoms with Crippen LogP contribution < -0.4 is 0 Å². The van der Waals surface area contributed by atoms with Crippen molar-refractivity contribution in [1.29, 1.82) is 0 Å². The zero-order valence-electron chi connectivity index (χ0n) is 10.6. The van der Waals surface area contributed by atoms with E-state index in [2.05, 4.69) is 27.7 Å². The molecule has 2 fully saturated rings. The predicted octanol–water partition coefficient (Wildman–Crippen LogP) is 2.18. The van der Waals surface area contributed by atoms with Gasteiger partial charge in [0.1, 0.15) is 0 Å². The summed E-state index contributed by atoms with van der Waals surface area (Å²) in [6.45, 7) is 4.38. The summed E-state index contributed by atoms with van der Waals surface area (Å²) in [6, 6.07) is 4.87. The molecule has 0 amide bonds. The fourth-order valence-electron chi connectivity index (χ4n) is 2.73. The molecule has 1 unspecified atom stereocenters. The summed E-state index contributed by atoms with van der Waals surface area (Å²) in [6.07, 6.45) is 6.36. The lowest BCUT2D eigenvalue weighted by molar-refractivity contribution is 0.159. The minimum absolute atomic E-state index is 0.689. The van der Waals surface area contributed by atoms with Gasteiger partial charge in [-0.15, -0.1) is 0 Å². The van der Waals surface area contributed by atoms with E-state index in [9.17, 15) is 0 Å². The molecule has 2 aliphatic rings. The van der Waals surface area contributed by atoms with E-state index < -0.39 is 0 Å². The van der Waals surface area contributed by atoms with Gasteiger partial charge in [-0.1, -0.05) is 6.07 Å². The second-order valence-corrected chi connectivity index (χ2v) is 6.38. The highest BCUT2D eigenvalue weighted by Crippen LogP contribution is 2.28. The molecule has 0 saturated carbocycles. The maximum atomic E-state index is 5.48. The van der Waals surface area contributed by atoms with Crippen molar-refractivity contribution in [2.45, 2.75) is 29.9 Å². The Morgan fingerprint density at radius 2 is 2.44 bits per heavy atom. The SMILES string of the molecule is c1cncc(CS[C@@H]2CCN(C3CCOC3)C2)c1. The van der Waals surface area contributed by atoms with Crippen LogP contribution in [0.5, 0.6) is 0 Å². The highest BCUT2D eigenvalue weighted by atomic mass is 32.2. The van der Waals surface area contributed by atoms with Crippen molar-refractivity contribution in [3.63, 3.8) is 0 Å². The van der Waals surface area contributed by atoms with Crippen LogP contribution in [0.25, 0.3) is 0 Å². The molecule has 2 atom stereocenters. The van der Waals surface area contributed by atoms with Crippen LogP contribution in [0.1, 0.15) is 18.4 Å². The van der Waals surface area contributed by atoms with E-state index in [4.69, 9.17) is 4.74 Å². The molecule has 0 N–H and O–H groups in total. The minimum Gasteiger partial charge on any atom is -0.380 e. The maximum absolute atomic E-state index is 5.48. The van der Waals surface area contributed by atoms with E-state index in [0.29, 0.717) is 6.04 Å². The molecule has 1 aromatic heterocycles. The van der Waals surface area contributed by atoms with E-state index in [1.165, 1.54) is 31.5 Å². The second kappa shape index (κ2) is 6.04. The van der Waals surface area contributed by atoms with Gasteiger partial charge in [0.2, 0.25) is 0 Å². The van der Waals surface area contributed by atoms with Crippen molar-refractivity contribution in [1.82, 2.24) is 9.88 Å². The lowest BCUT2D eigenvalue weighted by Gasteiger charge is -2.22. The maximum Gasteiger partial charge on any atom is 0.0622 e. The third-order valence-electron chi connectivity index (χ3n) is 3.81. The first kappa shape index (κ1) is 12.5. The van der Waals surface area contributed by atoms with E-state index in [0.717, 1.165) is 24.2 Å². The lowest BCUT2D eigenvalue weighted by Crippen LogP contribution is -2.33. The topological polar surface area (TPSA) is 25.4 Å². The molecule has 0 bridgehead atoms. The quantitative estimate of drug-likeness (QED) is 0.832. The van der Waals surface area contributed by atoms with Gasteiger partial charge < -0.3 is 4.74 Å². The van der Waals surface area contributed by atoms with Crippen LogP contribution in [0.15, 0.2) is 24.5 Å². The molecule has 0 aromatic carbocycles. The molecule has 98 valence electrons. The van der Waals surface area contributed by atoms with Crippen molar-refractivity contribution >= 4 is 11.8 Å². The third kappa shape index (κ3) is 3.05. The highest BCUT2D eigenvalue weighted by Gasteiger charge is 2.30. The number of rotatable bonds is 4. The standard InChI is InChI=1S/C14H20N2OS/c1-2-12(8-15-5-1)11-18-14-3-6-16(9-14)13-4-7-17-10-13/h1-2,5,8,13-14H,3-4,6-7,9-11H2/t13?,14-/m1/s1. The Morgan fingerprint density at radius 1 is 1.44 bits per heavy atom. The summed E-state index contributed by atoms with van der Waals surface area (Å²) in [5.41, 5.74) is 1.34. The van der Waals surface area contributed by atoms with Crippen molar-refractivity contribution in [2.75, 3.05) is 26.3 Å².